The fraction of sp³-hybridized carbons (Fsp3) is 0.222. The number of nitrogens with one attached hydrogen (secondary N) is 1. The lowest BCUT2D eigenvalue weighted by Gasteiger charge is -2.24. The molecular formula is C18H16N8O4. The first kappa shape index (κ1) is 18.9. The van der Waals surface area contributed by atoms with Crippen molar-refractivity contribution >= 4 is 5.95 Å². The molecule has 30 heavy (non-hydrogen) atoms. The molecule has 3 heterocycles. The van der Waals surface area contributed by atoms with Crippen molar-refractivity contribution in [2.24, 2.45) is 5.73 Å². The summed E-state index contributed by atoms with van der Waals surface area (Å²) in [5, 5.41) is 31.4. The van der Waals surface area contributed by atoms with E-state index in [1.54, 1.807) is 6.07 Å². The molecule has 0 saturated heterocycles. The first-order valence-corrected chi connectivity index (χ1v) is 8.76. The van der Waals surface area contributed by atoms with E-state index in [9.17, 15) is 15.4 Å². The molecule has 1 aliphatic heterocycles. The van der Waals surface area contributed by atoms with E-state index in [0.717, 1.165) is 11.3 Å². The zero-order chi connectivity index (χ0) is 21.4. The first-order valence-electron chi connectivity index (χ1n) is 8.76. The second-order valence-electron chi connectivity index (χ2n) is 6.56. The molecule has 3 N–H and O–H groups in total. The van der Waals surface area contributed by atoms with Crippen molar-refractivity contribution in [1.29, 1.82) is 5.26 Å². The molecule has 12 heteroatoms. The number of nitrogens with two attached hydrogens (primary N) is 1. The van der Waals surface area contributed by atoms with Crippen LogP contribution in [0.1, 0.15) is 28.3 Å². The van der Waals surface area contributed by atoms with Crippen molar-refractivity contribution in [3.05, 3.63) is 68.5 Å². The van der Waals surface area contributed by atoms with Gasteiger partial charge >= 0.3 is 5.95 Å². The van der Waals surface area contributed by atoms with Gasteiger partial charge < -0.3 is 25.3 Å². The van der Waals surface area contributed by atoms with Gasteiger partial charge in [0.05, 0.1) is 19.6 Å². The van der Waals surface area contributed by atoms with Crippen LogP contribution in [-0.4, -0.2) is 37.0 Å². The summed E-state index contributed by atoms with van der Waals surface area (Å²) in [6.07, 6.45) is 1.27. The van der Waals surface area contributed by atoms with Gasteiger partial charge in [0.2, 0.25) is 18.1 Å². The number of nitrogens with zero attached hydrogens (tertiary/aromatic N) is 6. The first-order chi connectivity index (χ1) is 14.4. The average molecular weight is 408 g/mol. The molecule has 0 fully saturated rings. The number of aromatic amines is 1. The Morgan fingerprint density at radius 3 is 2.97 bits per heavy atom. The molecule has 2 aromatic heterocycles. The standard InChI is InChI=1S/C18H16N8O4/c1-9-14-15(12(6-19)16(20)30-17(14)23-22-9)10-3-4-13(29-2)11(5-10)7-25-8-21-18(24-25)26(27)28/h3-5,8,15H,7,20H2,1-2H3,(H,22,23)/t15-/m0/s1. The Labute approximate surface area is 169 Å². The van der Waals surface area contributed by atoms with Crippen LogP contribution in [-0.2, 0) is 6.54 Å². The molecule has 0 bridgehead atoms. The zero-order valence-electron chi connectivity index (χ0n) is 16.0. The molecule has 152 valence electrons. The van der Waals surface area contributed by atoms with E-state index in [1.807, 2.05) is 19.1 Å². The number of aryl methyl sites for hydroxylation is 1. The molecule has 0 aliphatic carbocycles. The molecule has 3 aromatic rings. The Bertz CT molecular complexity index is 1220. The highest BCUT2D eigenvalue weighted by molar-refractivity contribution is 5.56. The molecule has 1 aromatic carbocycles. The van der Waals surface area contributed by atoms with Gasteiger partial charge in [-0.25, -0.2) is 0 Å². The Morgan fingerprint density at radius 2 is 2.30 bits per heavy atom. The number of rotatable bonds is 5. The van der Waals surface area contributed by atoms with Gasteiger partial charge in [0.25, 0.3) is 0 Å². The molecule has 0 spiro atoms. The molecule has 12 nitrogen and oxygen atoms in total. The predicted molar refractivity (Wildman–Crippen MR) is 101 cm³/mol. The number of H-pyrrole nitrogens is 1. The summed E-state index contributed by atoms with van der Waals surface area (Å²) in [5.41, 5.74) is 9.14. The Balaban J connectivity index is 1.80. The number of benzene rings is 1. The number of allylic oxidation sites excluding steroid dienone is 1. The molecule has 0 amide bonds. The number of hydrogen-bond acceptors (Lipinski definition) is 9. The molecule has 1 aliphatic rings. The van der Waals surface area contributed by atoms with Crippen molar-refractivity contribution in [3.63, 3.8) is 0 Å². The second kappa shape index (κ2) is 7.21. The van der Waals surface area contributed by atoms with Crippen molar-refractivity contribution in [2.75, 3.05) is 7.11 Å². The summed E-state index contributed by atoms with van der Waals surface area (Å²) < 4.78 is 12.3. The van der Waals surface area contributed by atoms with Gasteiger partial charge in [-0.05, 0) is 29.5 Å². The van der Waals surface area contributed by atoms with Gasteiger partial charge in [0.1, 0.15) is 17.4 Å². The van der Waals surface area contributed by atoms with Crippen LogP contribution in [0.5, 0.6) is 11.6 Å². The van der Waals surface area contributed by atoms with E-state index >= 15 is 0 Å². The third-order valence-corrected chi connectivity index (χ3v) is 4.79. The molecule has 1 atom stereocenters. The fourth-order valence-corrected chi connectivity index (χ4v) is 3.45. The van der Waals surface area contributed by atoms with Crippen molar-refractivity contribution < 1.29 is 14.4 Å². The van der Waals surface area contributed by atoms with Crippen molar-refractivity contribution in [2.45, 2.75) is 19.4 Å². The summed E-state index contributed by atoms with van der Waals surface area (Å²) in [6.45, 7) is 2.01. The Kier molecular flexibility index (Phi) is 4.55. The highest BCUT2D eigenvalue weighted by Crippen LogP contribution is 2.43. The van der Waals surface area contributed by atoms with Crippen LogP contribution < -0.4 is 15.2 Å². The third-order valence-electron chi connectivity index (χ3n) is 4.79. The summed E-state index contributed by atoms with van der Waals surface area (Å²) in [5.74, 6) is -0.115. The number of methoxy groups -OCH3 is 1. The number of aromatic nitrogens is 5. The second-order valence-corrected chi connectivity index (χ2v) is 6.56. The lowest BCUT2D eigenvalue weighted by atomic mass is 9.83. The highest BCUT2D eigenvalue weighted by atomic mass is 16.6. The minimum Gasteiger partial charge on any atom is -0.496 e. The maximum Gasteiger partial charge on any atom is 0.490 e. The van der Waals surface area contributed by atoms with Crippen LogP contribution >= 0.6 is 0 Å². The summed E-state index contributed by atoms with van der Waals surface area (Å²) in [6, 6.07) is 7.54. The van der Waals surface area contributed by atoms with E-state index in [-0.39, 0.29) is 18.0 Å². The van der Waals surface area contributed by atoms with Gasteiger partial charge in [0, 0.05) is 21.9 Å². The van der Waals surface area contributed by atoms with Gasteiger partial charge in [-0.3, -0.25) is 5.10 Å². The smallest absolute Gasteiger partial charge is 0.490 e. The van der Waals surface area contributed by atoms with Gasteiger partial charge in [-0.15, -0.1) is 5.10 Å². The SMILES string of the molecule is COc1ccc([C@H]2C(C#N)=C(N)Oc3n[nH]c(C)c32)cc1Cn1cnc([N+](=O)[O-])n1. The topological polar surface area (TPSA) is 171 Å². The van der Waals surface area contributed by atoms with Crippen LogP contribution in [0, 0.1) is 28.4 Å². The van der Waals surface area contributed by atoms with Crippen LogP contribution in [0.25, 0.3) is 0 Å². The van der Waals surface area contributed by atoms with E-state index in [1.165, 1.54) is 18.1 Å². The maximum absolute atomic E-state index is 10.8. The number of fused-ring (bicyclic) bond motifs is 1. The average Bonchev–Trinajstić information content (AvgIpc) is 3.34. The Hall–Kier alpha value is -4.40. The monoisotopic (exact) mass is 408 g/mol. The lowest BCUT2D eigenvalue weighted by Crippen LogP contribution is -2.21. The minimum absolute atomic E-state index is 0.00855. The van der Waals surface area contributed by atoms with Crippen LogP contribution in [0.4, 0.5) is 5.95 Å². The van der Waals surface area contributed by atoms with Gasteiger partial charge in [-0.2, -0.15) is 9.94 Å². The largest absolute Gasteiger partial charge is 0.496 e. The number of nitro groups is 1. The molecular weight excluding hydrogens is 392 g/mol. The quantitative estimate of drug-likeness (QED) is 0.468. The van der Waals surface area contributed by atoms with Gasteiger partial charge in [0.15, 0.2) is 0 Å². The van der Waals surface area contributed by atoms with E-state index < -0.39 is 16.8 Å². The van der Waals surface area contributed by atoms with Crippen molar-refractivity contribution in [3.8, 4) is 17.7 Å². The number of nitriles is 1. The summed E-state index contributed by atoms with van der Waals surface area (Å²) in [4.78, 5) is 13.8. The fourth-order valence-electron chi connectivity index (χ4n) is 3.45. The van der Waals surface area contributed by atoms with Crippen molar-refractivity contribution in [1.82, 2.24) is 25.0 Å². The predicted octanol–water partition coefficient (Wildman–Crippen LogP) is 1.49. The van der Waals surface area contributed by atoms with Crippen LogP contribution in [0.2, 0.25) is 0 Å². The third kappa shape index (κ3) is 3.08. The minimum atomic E-state index is -0.665. The van der Waals surface area contributed by atoms with Crippen LogP contribution in [0.15, 0.2) is 36.0 Å². The number of hydrogen-bond donors (Lipinski definition) is 2. The normalized spacial score (nSPS) is 15.3. The molecule has 0 unspecified atom stereocenters. The summed E-state index contributed by atoms with van der Waals surface area (Å²) in [7, 11) is 1.52. The molecule has 0 radical (unpaired) electrons. The molecule has 0 saturated carbocycles. The van der Waals surface area contributed by atoms with E-state index in [2.05, 4.69) is 26.3 Å². The Morgan fingerprint density at radius 1 is 1.50 bits per heavy atom. The van der Waals surface area contributed by atoms with Gasteiger partial charge in [-0.1, -0.05) is 11.1 Å². The van der Waals surface area contributed by atoms with E-state index in [0.29, 0.717) is 22.8 Å². The molecule has 4 rings (SSSR count). The zero-order valence-corrected chi connectivity index (χ0v) is 16.0. The maximum atomic E-state index is 10.8. The number of ether oxygens (including phenoxy) is 2. The summed E-state index contributed by atoms with van der Waals surface area (Å²) >= 11 is 0. The van der Waals surface area contributed by atoms with Crippen LogP contribution in [0.3, 0.4) is 0 Å². The van der Waals surface area contributed by atoms with E-state index in [4.69, 9.17) is 15.2 Å². The lowest BCUT2D eigenvalue weighted by molar-refractivity contribution is -0.394. The highest BCUT2D eigenvalue weighted by Gasteiger charge is 2.34.